The zero-order valence-corrected chi connectivity index (χ0v) is 12.4. The minimum atomic E-state index is -3.91. The molecule has 0 bridgehead atoms. The Morgan fingerprint density at radius 3 is 2.85 bits per heavy atom. The fourth-order valence-electron chi connectivity index (χ4n) is 2.27. The van der Waals surface area contributed by atoms with Crippen LogP contribution in [-0.2, 0) is 14.8 Å². The van der Waals surface area contributed by atoms with Crippen LogP contribution < -0.4 is 5.73 Å². The first-order valence-electron chi connectivity index (χ1n) is 6.54. The second-order valence-electron chi connectivity index (χ2n) is 4.97. The summed E-state index contributed by atoms with van der Waals surface area (Å²) in [6.45, 7) is 4.21. The van der Waals surface area contributed by atoms with Crippen LogP contribution in [0.3, 0.4) is 0 Å². The van der Waals surface area contributed by atoms with Gasteiger partial charge in [0.2, 0.25) is 10.0 Å². The van der Waals surface area contributed by atoms with Gasteiger partial charge in [0.25, 0.3) is 0 Å². The van der Waals surface area contributed by atoms with E-state index in [4.69, 9.17) is 10.5 Å². The molecule has 1 aliphatic heterocycles. The standard InChI is InChI=1S/C13H19FN2O3S/c1-3-11-8-19-9(2)7-16(11)20(17,18)13-6-10(15)4-5-12(13)14/h4-6,9,11H,3,7-8,15H2,1-2H3. The summed E-state index contributed by atoms with van der Waals surface area (Å²) in [7, 11) is -3.91. The summed E-state index contributed by atoms with van der Waals surface area (Å²) in [6, 6.07) is 3.30. The number of anilines is 1. The van der Waals surface area contributed by atoms with Crippen molar-refractivity contribution in [3.8, 4) is 0 Å². The number of morpholine rings is 1. The van der Waals surface area contributed by atoms with Crippen molar-refractivity contribution < 1.29 is 17.5 Å². The van der Waals surface area contributed by atoms with Crippen molar-refractivity contribution in [1.29, 1.82) is 0 Å². The van der Waals surface area contributed by atoms with E-state index in [0.717, 1.165) is 12.1 Å². The highest BCUT2D eigenvalue weighted by molar-refractivity contribution is 7.89. The number of nitrogens with two attached hydrogens (primary N) is 1. The molecule has 1 aliphatic rings. The van der Waals surface area contributed by atoms with Gasteiger partial charge in [0.05, 0.1) is 12.7 Å². The van der Waals surface area contributed by atoms with Crippen LogP contribution in [-0.4, -0.2) is 38.0 Å². The van der Waals surface area contributed by atoms with Gasteiger partial charge in [0.15, 0.2) is 0 Å². The molecule has 1 aromatic rings. The normalized spacial score (nSPS) is 24.8. The molecule has 0 saturated carbocycles. The van der Waals surface area contributed by atoms with E-state index in [9.17, 15) is 12.8 Å². The van der Waals surface area contributed by atoms with Crippen LogP contribution in [0.15, 0.2) is 23.1 Å². The molecule has 112 valence electrons. The predicted octanol–water partition coefficient (Wildman–Crippen LogP) is 1.60. The summed E-state index contributed by atoms with van der Waals surface area (Å²) in [4.78, 5) is -0.370. The topological polar surface area (TPSA) is 72.6 Å². The number of benzene rings is 1. The van der Waals surface area contributed by atoms with Crippen molar-refractivity contribution in [2.24, 2.45) is 0 Å². The maximum atomic E-state index is 13.9. The Hall–Kier alpha value is -1.18. The SMILES string of the molecule is CCC1COC(C)CN1S(=O)(=O)c1cc(N)ccc1F. The first kappa shape index (κ1) is 15.2. The van der Waals surface area contributed by atoms with Crippen LogP contribution in [0.2, 0.25) is 0 Å². The molecule has 2 N–H and O–H groups in total. The predicted molar refractivity (Wildman–Crippen MR) is 74.2 cm³/mol. The van der Waals surface area contributed by atoms with Crippen molar-refractivity contribution in [3.63, 3.8) is 0 Å². The third kappa shape index (κ3) is 2.79. The molecule has 20 heavy (non-hydrogen) atoms. The Morgan fingerprint density at radius 1 is 1.50 bits per heavy atom. The van der Waals surface area contributed by atoms with E-state index in [1.165, 1.54) is 10.4 Å². The number of nitrogens with zero attached hydrogens (tertiary/aromatic N) is 1. The lowest BCUT2D eigenvalue weighted by molar-refractivity contribution is -0.0231. The van der Waals surface area contributed by atoms with Gasteiger partial charge in [-0.1, -0.05) is 6.92 Å². The molecule has 1 fully saturated rings. The molecule has 0 aromatic heterocycles. The molecule has 0 spiro atoms. The highest BCUT2D eigenvalue weighted by atomic mass is 32.2. The lowest BCUT2D eigenvalue weighted by atomic mass is 10.2. The minimum Gasteiger partial charge on any atom is -0.399 e. The monoisotopic (exact) mass is 302 g/mol. The molecular formula is C13H19FN2O3S. The first-order chi connectivity index (χ1) is 9.36. The van der Waals surface area contributed by atoms with Crippen LogP contribution in [0.4, 0.5) is 10.1 Å². The second kappa shape index (κ2) is 5.67. The number of rotatable bonds is 3. The lowest BCUT2D eigenvalue weighted by Gasteiger charge is -2.37. The summed E-state index contributed by atoms with van der Waals surface area (Å²) < 4.78 is 45.9. The van der Waals surface area contributed by atoms with Gasteiger partial charge in [-0.05, 0) is 31.5 Å². The van der Waals surface area contributed by atoms with Crippen LogP contribution in [0.25, 0.3) is 0 Å². The van der Waals surface area contributed by atoms with Crippen molar-refractivity contribution in [2.45, 2.75) is 37.3 Å². The van der Waals surface area contributed by atoms with Crippen LogP contribution >= 0.6 is 0 Å². The van der Waals surface area contributed by atoms with Gasteiger partial charge in [0.1, 0.15) is 10.7 Å². The Kier molecular flexibility index (Phi) is 4.31. The zero-order valence-electron chi connectivity index (χ0n) is 11.5. The average Bonchev–Trinajstić information content (AvgIpc) is 2.41. The number of hydrogen-bond donors (Lipinski definition) is 1. The summed E-state index contributed by atoms with van der Waals surface area (Å²) in [5.74, 6) is -0.784. The van der Waals surface area contributed by atoms with Gasteiger partial charge in [-0.3, -0.25) is 0 Å². The molecule has 2 rings (SSSR count). The van der Waals surface area contributed by atoms with Crippen LogP contribution in [0.5, 0.6) is 0 Å². The molecule has 0 radical (unpaired) electrons. The first-order valence-corrected chi connectivity index (χ1v) is 7.98. The number of hydrogen-bond acceptors (Lipinski definition) is 4. The molecule has 0 amide bonds. The van der Waals surface area contributed by atoms with Gasteiger partial charge in [-0.15, -0.1) is 0 Å². The molecule has 0 aliphatic carbocycles. The quantitative estimate of drug-likeness (QED) is 0.861. The molecule has 1 aromatic carbocycles. The molecule has 7 heteroatoms. The number of halogens is 1. The highest BCUT2D eigenvalue weighted by Gasteiger charge is 2.37. The van der Waals surface area contributed by atoms with Crippen LogP contribution in [0.1, 0.15) is 20.3 Å². The maximum Gasteiger partial charge on any atom is 0.246 e. The highest BCUT2D eigenvalue weighted by Crippen LogP contribution is 2.27. The molecule has 1 saturated heterocycles. The summed E-state index contributed by atoms with van der Waals surface area (Å²) >= 11 is 0. The van der Waals surface area contributed by atoms with Gasteiger partial charge >= 0.3 is 0 Å². The largest absolute Gasteiger partial charge is 0.399 e. The van der Waals surface area contributed by atoms with E-state index in [2.05, 4.69) is 0 Å². The van der Waals surface area contributed by atoms with E-state index in [-0.39, 0.29) is 29.3 Å². The molecular weight excluding hydrogens is 283 g/mol. The number of ether oxygens (including phenoxy) is 1. The average molecular weight is 302 g/mol. The van der Waals surface area contributed by atoms with Gasteiger partial charge in [-0.25, -0.2) is 12.8 Å². The van der Waals surface area contributed by atoms with E-state index in [1.54, 1.807) is 6.92 Å². The Morgan fingerprint density at radius 2 is 2.20 bits per heavy atom. The van der Waals surface area contributed by atoms with E-state index in [1.807, 2.05) is 6.92 Å². The lowest BCUT2D eigenvalue weighted by Crippen LogP contribution is -2.51. The summed E-state index contributed by atoms with van der Waals surface area (Å²) in [5, 5.41) is 0. The Balaban J connectivity index is 2.44. The third-order valence-corrected chi connectivity index (χ3v) is 5.36. The summed E-state index contributed by atoms with van der Waals surface area (Å²) in [5.41, 5.74) is 5.80. The Bertz CT molecular complexity index is 591. The number of nitrogen functional groups attached to an aromatic ring is 1. The maximum absolute atomic E-state index is 13.9. The van der Waals surface area contributed by atoms with Gasteiger partial charge in [-0.2, -0.15) is 4.31 Å². The van der Waals surface area contributed by atoms with E-state index < -0.39 is 15.8 Å². The smallest absolute Gasteiger partial charge is 0.246 e. The summed E-state index contributed by atoms with van der Waals surface area (Å²) in [6.07, 6.45) is 0.396. The molecule has 5 nitrogen and oxygen atoms in total. The van der Waals surface area contributed by atoms with Crippen molar-refractivity contribution in [3.05, 3.63) is 24.0 Å². The van der Waals surface area contributed by atoms with Crippen LogP contribution in [0, 0.1) is 5.82 Å². The molecule has 2 unspecified atom stereocenters. The molecule has 1 heterocycles. The van der Waals surface area contributed by atoms with Gasteiger partial charge in [0, 0.05) is 18.3 Å². The van der Waals surface area contributed by atoms with E-state index >= 15 is 0 Å². The zero-order chi connectivity index (χ0) is 14.9. The van der Waals surface area contributed by atoms with Gasteiger partial charge < -0.3 is 10.5 Å². The fraction of sp³-hybridized carbons (Fsp3) is 0.538. The van der Waals surface area contributed by atoms with Crippen molar-refractivity contribution >= 4 is 15.7 Å². The number of sulfonamides is 1. The molecule has 2 atom stereocenters. The van der Waals surface area contributed by atoms with E-state index in [0.29, 0.717) is 13.0 Å². The minimum absolute atomic E-state index is 0.211. The second-order valence-corrected chi connectivity index (χ2v) is 6.83. The van der Waals surface area contributed by atoms with Crippen molar-refractivity contribution in [1.82, 2.24) is 4.31 Å². The van der Waals surface area contributed by atoms with Crippen molar-refractivity contribution in [2.75, 3.05) is 18.9 Å². The third-order valence-electron chi connectivity index (χ3n) is 3.43. The fourth-order valence-corrected chi connectivity index (χ4v) is 4.13. The Labute approximate surface area is 118 Å².